The molecule has 0 radical (unpaired) electrons. The highest BCUT2D eigenvalue weighted by Gasteiger charge is 2.25. The molecule has 0 saturated heterocycles. The molecule has 1 aliphatic carbocycles. The zero-order valence-corrected chi connectivity index (χ0v) is 6.21. The third-order valence-electron chi connectivity index (χ3n) is 1.54. The van der Waals surface area contributed by atoms with Crippen molar-refractivity contribution in [3.8, 4) is 0 Å². The van der Waals surface area contributed by atoms with Crippen LogP contribution in [0.25, 0.3) is 0 Å². The minimum atomic E-state index is -0.500. The molecule has 0 spiro atoms. The summed E-state index contributed by atoms with van der Waals surface area (Å²) in [5.74, 6) is 0. The van der Waals surface area contributed by atoms with Crippen molar-refractivity contribution in [3.63, 3.8) is 0 Å². The Morgan fingerprint density at radius 2 is 2.50 bits per heavy atom. The summed E-state index contributed by atoms with van der Waals surface area (Å²) in [6.45, 7) is 0. The van der Waals surface area contributed by atoms with E-state index < -0.39 is 4.92 Å². The van der Waals surface area contributed by atoms with Gasteiger partial charge in [0.2, 0.25) is 0 Å². The van der Waals surface area contributed by atoms with E-state index >= 15 is 0 Å². The predicted molar refractivity (Wildman–Crippen MR) is 38.5 cm³/mol. The van der Waals surface area contributed by atoms with E-state index in [1.54, 1.807) is 0 Å². The lowest BCUT2D eigenvalue weighted by Crippen LogP contribution is -2.13. The number of hydrogen-bond acceptors (Lipinski definition) is 4. The summed E-state index contributed by atoms with van der Waals surface area (Å²) in [5.41, 5.74) is -0.0457. The predicted octanol–water partition coefficient (Wildman–Crippen LogP) is 0.382. The minimum Gasteiger partial charge on any atom is -0.393 e. The summed E-state index contributed by atoms with van der Waals surface area (Å²) < 4.78 is 0. The van der Waals surface area contributed by atoms with Gasteiger partial charge in [0.25, 0.3) is 0 Å². The number of rotatable bonds is 3. The Morgan fingerprint density at radius 1 is 1.75 bits per heavy atom. The van der Waals surface area contributed by atoms with Gasteiger partial charge in [0.1, 0.15) is 18.5 Å². The fraction of sp³-hybridized carbons (Fsp3) is 0.500. The number of hydrogen-bond donors (Lipinski definition) is 0. The van der Waals surface area contributed by atoms with Crippen LogP contribution in [0.2, 0.25) is 0 Å². The van der Waals surface area contributed by atoms with Gasteiger partial charge in [-0.2, -0.15) is 0 Å². The first-order valence-electron chi connectivity index (χ1n) is 3.62. The highest BCUT2D eigenvalue weighted by atomic mass is 16.7. The highest BCUT2D eigenvalue weighted by Crippen LogP contribution is 2.20. The quantitative estimate of drug-likeness (QED) is 0.484. The Balaban J connectivity index is 2.06. The molecule has 0 bridgehead atoms. The average Bonchev–Trinajstić information content (AvgIpc) is 2.66. The lowest BCUT2D eigenvalue weighted by Gasteiger charge is -1.99. The molecule has 1 aliphatic rings. The Kier molecular flexibility index (Phi) is 1.46. The van der Waals surface area contributed by atoms with Crippen molar-refractivity contribution in [2.24, 2.45) is 0 Å². The van der Waals surface area contributed by atoms with Crippen molar-refractivity contribution in [1.82, 2.24) is 9.94 Å². The summed E-state index contributed by atoms with van der Waals surface area (Å²) >= 11 is 0. The molecule has 6 heteroatoms. The topological polar surface area (TPSA) is 70.2 Å². The van der Waals surface area contributed by atoms with E-state index in [2.05, 4.69) is 5.10 Å². The van der Waals surface area contributed by atoms with Crippen LogP contribution in [0.1, 0.15) is 12.8 Å². The average molecular weight is 169 g/mol. The Labute approximate surface area is 67.8 Å². The molecule has 1 aromatic heterocycles. The fourth-order valence-corrected chi connectivity index (χ4v) is 0.774. The Morgan fingerprint density at radius 3 is 3.00 bits per heavy atom. The van der Waals surface area contributed by atoms with Gasteiger partial charge in [-0.25, -0.2) is 0 Å². The molecular formula is C6H7N3O3. The van der Waals surface area contributed by atoms with Gasteiger partial charge in [-0.3, -0.25) is 10.1 Å². The summed E-state index contributed by atoms with van der Waals surface area (Å²) in [5, 5.41) is 13.9. The fourth-order valence-electron chi connectivity index (χ4n) is 0.774. The SMILES string of the molecule is O=[N+]([O-])c1cnn(OC2CC2)c1. The van der Waals surface area contributed by atoms with Crippen LogP contribution < -0.4 is 4.84 Å². The van der Waals surface area contributed by atoms with Gasteiger partial charge in [0.15, 0.2) is 0 Å². The Bertz CT molecular complexity index is 305. The molecular weight excluding hydrogens is 162 g/mol. The molecule has 0 aromatic carbocycles. The van der Waals surface area contributed by atoms with Crippen LogP contribution >= 0.6 is 0 Å². The molecule has 0 atom stereocenters. The van der Waals surface area contributed by atoms with Gasteiger partial charge >= 0.3 is 5.69 Å². The zero-order valence-electron chi connectivity index (χ0n) is 6.21. The van der Waals surface area contributed by atoms with Crippen LogP contribution in [0, 0.1) is 10.1 Å². The molecule has 64 valence electrons. The summed E-state index contributed by atoms with van der Waals surface area (Å²) in [6.07, 6.45) is 4.65. The van der Waals surface area contributed by atoms with Gasteiger partial charge in [0.05, 0.1) is 4.92 Å². The molecule has 2 rings (SSSR count). The monoisotopic (exact) mass is 169 g/mol. The first-order valence-corrected chi connectivity index (χ1v) is 3.62. The molecule has 0 N–H and O–H groups in total. The van der Waals surface area contributed by atoms with Crippen molar-refractivity contribution < 1.29 is 9.76 Å². The largest absolute Gasteiger partial charge is 0.393 e. The third kappa shape index (κ3) is 1.36. The maximum absolute atomic E-state index is 10.2. The van der Waals surface area contributed by atoms with Crippen LogP contribution in [0.5, 0.6) is 0 Å². The van der Waals surface area contributed by atoms with E-state index in [0.29, 0.717) is 0 Å². The first-order chi connectivity index (χ1) is 5.75. The van der Waals surface area contributed by atoms with Crippen molar-refractivity contribution in [3.05, 3.63) is 22.5 Å². The van der Waals surface area contributed by atoms with E-state index in [4.69, 9.17) is 4.84 Å². The van der Waals surface area contributed by atoms with Gasteiger partial charge < -0.3 is 4.84 Å². The van der Waals surface area contributed by atoms with Crippen LogP contribution in [0.15, 0.2) is 12.4 Å². The lowest BCUT2D eigenvalue weighted by atomic mass is 10.6. The van der Waals surface area contributed by atoms with Crippen molar-refractivity contribution >= 4 is 5.69 Å². The second-order valence-electron chi connectivity index (χ2n) is 2.66. The van der Waals surface area contributed by atoms with Crippen LogP contribution in [-0.4, -0.2) is 21.0 Å². The van der Waals surface area contributed by atoms with Crippen molar-refractivity contribution in [2.75, 3.05) is 0 Å². The van der Waals surface area contributed by atoms with Gasteiger partial charge in [-0.15, -0.1) is 5.10 Å². The van der Waals surface area contributed by atoms with Gasteiger partial charge in [-0.1, -0.05) is 4.85 Å². The third-order valence-corrected chi connectivity index (χ3v) is 1.54. The molecule has 1 aromatic rings. The molecule has 1 fully saturated rings. The van der Waals surface area contributed by atoms with E-state index in [1.165, 1.54) is 12.4 Å². The summed E-state index contributed by atoms with van der Waals surface area (Å²) in [6, 6.07) is 0. The smallest absolute Gasteiger partial charge is 0.310 e. The molecule has 12 heavy (non-hydrogen) atoms. The van der Waals surface area contributed by atoms with E-state index in [-0.39, 0.29) is 11.8 Å². The minimum absolute atomic E-state index is 0.0457. The molecule has 6 nitrogen and oxygen atoms in total. The van der Waals surface area contributed by atoms with E-state index in [0.717, 1.165) is 17.7 Å². The standard InChI is InChI=1S/C6H7N3O3/c10-9(11)5-3-7-8(4-5)12-6-1-2-6/h3-4,6H,1-2H2. The van der Waals surface area contributed by atoms with Gasteiger partial charge in [-0.05, 0) is 12.8 Å². The highest BCUT2D eigenvalue weighted by molar-refractivity contribution is 5.20. The zero-order chi connectivity index (χ0) is 8.55. The molecule has 0 unspecified atom stereocenters. The maximum atomic E-state index is 10.2. The molecule has 1 heterocycles. The van der Waals surface area contributed by atoms with Crippen LogP contribution in [0.3, 0.4) is 0 Å². The molecule has 0 aliphatic heterocycles. The van der Waals surface area contributed by atoms with E-state index in [1.807, 2.05) is 0 Å². The Hall–Kier alpha value is -1.59. The second kappa shape index (κ2) is 2.47. The van der Waals surface area contributed by atoms with Crippen LogP contribution in [0.4, 0.5) is 5.69 Å². The molecule has 1 saturated carbocycles. The van der Waals surface area contributed by atoms with E-state index in [9.17, 15) is 10.1 Å². The summed E-state index contributed by atoms with van der Waals surface area (Å²) in [4.78, 5) is 16.0. The van der Waals surface area contributed by atoms with Gasteiger partial charge in [0, 0.05) is 0 Å². The molecule has 0 amide bonds. The number of nitrogens with zero attached hydrogens (tertiary/aromatic N) is 3. The van der Waals surface area contributed by atoms with Crippen molar-refractivity contribution in [1.29, 1.82) is 0 Å². The lowest BCUT2D eigenvalue weighted by molar-refractivity contribution is -0.385. The maximum Gasteiger partial charge on any atom is 0.310 e. The first kappa shape index (κ1) is 7.08. The van der Waals surface area contributed by atoms with Crippen LogP contribution in [-0.2, 0) is 0 Å². The summed E-state index contributed by atoms with van der Waals surface area (Å²) in [7, 11) is 0. The second-order valence-corrected chi connectivity index (χ2v) is 2.66. The number of nitro groups is 1. The number of aromatic nitrogens is 2. The van der Waals surface area contributed by atoms with Crippen molar-refractivity contribution in [2.45, 2.75) is 18.9 Å². The normalized spacial score (nSPS) is 16.0.